The molecular formula is C12H16FNO. The number of rotatable bonds is 2. The highest BCUT2D eigenvalue weighted by molar-refractivity contribution is 5.28. The molecule has 1 fully saturated rings. The molecule has 0 amide bonds. The van der Waals surface area contributed by atoms with Crippen molar-refractivity contribution in [3.63, 3.8) is 0 Å². The van der Waals surface area contributed by atoms with E-state index < -0.39 is 5.82 Å². The summed E-state index contributed by atoms with van der Waals surface area (Å²) in [5, 5.41) is 12.4. The molecule has 3 heteroatoms. The zero-order valence-electron chi connectivity index (χ0n) is 8.67. The van der Waals surface area contributed by atoms with Crippen molar-refractivity contribution in [2.45, 2.75) is 19.3 Å². The van der Waals surface area contributed by atoms with Crippen LogP contribution in [0.25, 0.3) is 0 Å². The SMILES string of the molecule is Oc1ccc(CC2CCNCC2)cc1F. The molecule has 0 aromatic heterocycles. The van der Waals surface area contributed by atoms with Crippen molar-refractivity contribution in [2.24, 2.45) is 5.92 Å². The molecule has 1 saturated heterocycles. The van der Waals surface area contributed by atoms with Gasteiger partial charge in [0, 0.05) is 0 Å². The zero-order chi connectivity index (χ0) is 10.7. The number of hydrogen-bond donors (Lipinski definition) is 2. The third kappa shape index (κ3) is 2.69. The van der Waals surface area contributed by atoms with E-state index in [0.717, 1.165) is 37.9 Å². The lowest BCUT2D eigenvalue weighted by molar-refractivity contribution is 0.371. The Bertz CT molecular complexity index is 334. The first-order chi connectivity index (χ1) is 7.25. The predicted octanol–water partition coefficient (Wildman–Crippen LogP) is 2.07. The van der Waals surface area contributed by atoms with Crippen molar-refractivity contribution < 1.29 is 9.50 Å². The van der Waals surface area contributed by atoms with Gasteiger partial charge in [-0.15, -0.1) is 0 Å². The van der Waals surface area contributed by atoms with Gasteiger partial charge in [0.1, 0.15) is 0 Å². The smallest absolute Gasteiger partial charge is 0.165 e. The van der Waals surface area contributed by atoms with Gasteiger partial charge in [-0.2, -0.15) is 0 Å². The minimum atomic E-state index is -0.513. The van der Waals surface area contributed by atoms with Crippen LogP contribution < -0.4 is 5.32 Å². The number of aromatic hydroxyl groups is 1. The summed E-state index contributed by atoms with van der Waals surface area (Å²) in [6.07, 6.45) is 3.23. The maximum Gasteiger partial charge on any atom is 0.165 e. The van der Waals surface area contributed by atoms with Crippen LogP contribution in [0.4, 0.5) is 4.39 Å². The fraction of sp³-hybridized carbons (Fsp3) is 0.500. The quantitative estimate of drug-likeness (QED) is 0.781. The molecule has 0 radical (unpaired) electrons. The summed E-state index contributed by atoms with van der Waals surface area (Å²) >= 11 is 0. The topological polar surface area (TPSA) is 32.3 Å². The molecule has 82 valence electrons. The van der Waals surface area contributed by atoms with Crippen LogP contribution in [0.1, 0.15) is 18.4 Å². The van der Waals surface area contributed by atoms with E-state index >= 15 is 0 Å². The number of halogens is 1. The molecule has 2 rings (SSSR count). The van der Waals surface area contributed by atoms with Crippen LogP contribution in [-0.4, -0.2) is 18.2 Å². The van der Waals surface area contributed by atoms with Crippen LogP contribution in [0.2, 0.25) is 0 Å². The van der Waals surface area contributed by atoms with Crippen LogP contribution in [0.5, 0.6) is 5.75 Å². The number of phenols is 1. The summed E-state index contributed by atoms with van der Waals surface area (Å²) in [6, 6.07) is 4.68. The Morgan fingerprint density at radius 1 is 1.33 bits per heavy atom. The zero-order valence-corrected chi connectivity index (χ0v) is 8.67. The normalized spacial score (nSPS) is 17.9. The van der Waals surface area contributed by atoms with E-state index in [1.54, 1.807) is 6.07 Å². The molecule has 1 aromatic carbocycles. The molecule has 1 aliphatic heterocycles. The van der Waals surface area contributed by atoms with Crippen LogP contribution in [0.3, 0.4) is 0 Å². The van der Waals surface area contributed by atoms with Gasteiger partial charge in [0.15, 0.2) is 11.6 Å². The summed E-state index contributed by atoms with van der Waals surface area (Å²) in [6.45, 7) is 2.12. The van der Waals surface area contributed by atoms with E-state index in [4.69, 9.17) is 5.11 Å². The van der Waals surface area contributed by atoms with Gasteiger partial charge in [-0.3, -0.25) is 0 Å². The lowest BCUT2D eigenvalue weighted by atomic mass is 9.91. The fourth-order valence-corrected chi connectivity index (χ4v) is 2.10. The van der Waals surface area contributed by atoms with Crippen LogP contribution >= 0.6 is 0 Å². The second kappa shape index (κ2) is 4.62. The van der Waals surface area contributed by atoms with Gasteiger partial charge in [0.2, 0.25) is 0 Å². The standard InChI is InChI=1S/C12H16FNO/c13-11-8-10(1-2-12(11)15)7-9-3-5-14-6-4-9/h1-2,8-9,14-15H,3-7H2. The van der Waals surface area contributed by atoms with Gasteiger partial charge < -0.3 is 10.4 Å². The summed E-state index contributed by atoms with van der Waals surface area (Å²) in [4.78, 5) is 0. The van der Waals surface area contributed by atoms with Crippen molar-refractivity contribution in [3.8, 4) is 5.75 Å². The Balaban J connectivity index is 2.00. The van der Waals surface area contributed by atoms with Crippen LogP contribution in [0.15, 0.2) is 18.2 Å². The summed E-state index contributed by atoms with van der Waals surface area (Å²) in [5.74, 6) is -0.124. The Hall–Kier alpha value is -1.09. The molecule has 0 spiro atoms. The summed E-state index contributed by atoms with van der Waals surface area (Å²) in [7, 11) is 0. The first kappa shape index (κ1) is 10.4. The van der Waals surface area contributed by atoms with E-state index in [9.17, 15) is 4.39 Å². The van der Waals surface area contributed by atoms with Crippen molar-refractivity contribution >= 4 is 0 Å². The van der Waals surface area contributed by atoms with Gasteiger partial charge in [0.05, 0.1) is 0 Å². The molecule has 0 aliphatic carbocycles. The Labute approximate surface area is 89.1 Å². The Morgan fingerprint density at radius 2 is 2.07 bits per heavy atom. The molecule has 1 aliphatic rings. The van der Waals surface area contributed by atoms with E-state index in [1.165, 1.54) is 12.1 Å². The monoisotopic (exact) mass is 209 g/mol. The maximum atomic E-state index is 13.1. The second-order valence-corrected chi connectivity index (χ2v) is 4.18. The Morgan fingerprint density at radius 3 is 2.73 bits per heavy atom. The predicted molar refractivity (Wildman–Crippen MR) is 57.4 cm³/mol. The van der Waals surface area contributed by atoms with Gasteiger partial charge >= 0.3 is 0 Å². The van der Waals surface area contributed by atoms with Crippen LogP contribution in [-0.2, 0) is 6.42 Å². The lowest BCUT2D eigenvalue weighted by Gasteiger charge is -2.22. The van der Waals surface area contributed by atoms with Gasteiger partial charge in [-0.05, 0) is 56.0 Å². The third-order valence-electron chi connectivity index (χ3n) is 3.00. The largest absolute Gasteiger partial charge is 0.505 e. The highest BCUT2D eigenvalue weighted by Crippen LogP contribution is 2.21. The molecule has 2 N–H and O–H groups in total. The Kier molecular flexibility index (Phi) is 3.21. The molecule has 2 nitrogen and oxygen atoms in total. The fourth-order valence-electron chi connectivity index (χ4n) is 2.10. The lowest BCUT2D eigenvalue weighted by Crippen LogP contribution is -2.28. The summed E-state index contributed by atoms with van der Waals surface area (Å²) < 4.78 is 13.1. The number of piperidine rings is 1. The number of hydrogen-bond acceptors (Lipinski definition) is 2. The minimum absolute atomic E-state index is 0.260. The van der Waals surface area contributed by atoms with Crippen molar-refractivity contribution in [2.75, 3.05) is 13.1 Å². The molecule has 0 unspecified atom stereocenters. The van der Waals surface area contributed by atoms with Gasteiger partial charge in [-0.1, -0.05) is 6.07 Å². The molecule has 0 atom stereocenters. The minimum Gasteiger partial charge on any atom is -0.505 e. The van der Waals surface area contributed by atoms with Crippen molar-refractivity contribution in [3.05, 3.63) is 29.6 Å². The molecule has 0 saturated carbocycles. The average Bonchev–Trinajstić information content (AvgIpc) is 2.25. The molecule has 15 heavy (non-hydrogen) atoms. The molecule has 1 aromatic rings. The number of benzene rings is 1. The number of phenolic OH excluding ortho intramolecular Hbond substituents is 1. The molecular weight excluding hydrogens is 193 g/mol. The first-order valence-electron chi connectivity index (χ1n) is 5.44. The maximum absolute atomic E-state index is 13.1. The first-order valence-corrected chi connectivity index (χ1v) is 5.44. The molecule has 0 bridgehead atoms. The summed E-state index contributed by atoms with van der Waals surface area (Å²) in [5.41, 5.74) is 0.984. The third-order valence-corrected chi connectivity index (χ3v) is 3.00. The highest BCUT2D eigenvalue weighted by atomic mass is 19.1. The highest BCUT2D eigenvalue weighted by Gasteiger charge is 2.14. The van der Waals surface area contributed by atoms with Crippen LogP contribution in [0, 0.1) is 11.7 Å². The van der Waals surface area contributed by atoms with E-state index in [-0.39, 0.29) is 5.75 Å². The van der Waals surface area contributed by atoms with Crippen molar-refractivity contribution in [1.82, 2.24) is 5.32 Å². The van der Waals surface area contributed by atoms with E-state index in [2.05, 4.69) is 5.32 Å². The average molecular weight is 209 g/mol. The van der Waals surface area contributed by atoms with E-state index in [1.807, 2.05) is 0 Å². The molecule has 1 heterocycles. The van der Waals surface area contributed by atoms with E-state index in [0.29, 0.717) is 5.92 Å². The van der Waals surface area contributed by atoms with Gasteiger partial charge in [0.25, 0.3) is 0 Å². The second-order valence-electron chi connectivity index (χ2n) is 4.18. The van der Waals surface area contributed by atoms with Crippen molar-refractivity contribution in [1.29, 1.82) is 0 Å². The number of nitrogens with one attached hydrogen (secondary N) is 1. The van der Waals surface area contributed by atoms with Gasteiger partial charge in [-0.25, -0.2) is 4.39 Å².